The van der Waals surface area contributed by atoms with E-state index in [4.69, 9.17) is 4.74 Å². The molecule has 15 heavy (non-hydrogen) atoms. The summed E-state index contributed by atoms with van der Waals surface area (Å²) in [5.74, 6) is 0.696. The van der Waals surface area contributed by atoms with Gasteiger partial charge in [-0.05, 0) is 36.6 Å². The minimum atomic E-state index is -0.281. The van der Waals surface area contributed by atoms with Crippen LogP contribution in [0.4, 0.5) is 4.39 Å². The lowest BCUT2D eigenvalue weighted by atomic mass is 10.0. The Hall–Kier alpha value is -1.09. The predicted octanol–water partition coefficient (Wildman–Crippen LogP) is 2.50. The molecule has 2 nitrogen and oxygen atoms in total. The highest BCUT2D eigenvalue weighted by atomic mass is 19.1. The highest BCUT2D eigenvalue weighted by Crippen LogP contribution is 2.29. The van der Waals surface area contributed by atoms with Crippen LogP contribution in [0.5, 0.6) is 5.75 Å². The number of rotatable bonds is 2. The van der Waals surface area contributed by atoms with Crippen LogP contribution in [0.2, 0.25) is 0 Å². The molecule has 0 spiro atoms. The van der Waals surface area contributed by atoms with E-state index in [1.54, 1.807) is 12.1 Å². The molecule has 0 radical (unpaired) electrons. The van der Waals surface area contributed by atoms with E-state index >= 15 is 0 Å². The smallest absolute Gasteiger partial charge is 0.165 e. The van der Waals surface area contributed by atoms with Gasteiger partial charge in [0.05, 0.1) is 7.11 Å². The maximum absolute atomic E-state index is 13.4. The van der Waals surface area contributed by atoms with Crippen molar-refractivity contribution >= 4 is 0 Å². The average molecular weight is 209 g/mol. The first-order chi connectivity index (χ1) is 7.20. The van der Waals surface area contributed by atoms with Crippen LogP contribution in [0.15, 0.2) is 18.2 Å². The fourth-order valence-corrected chi connectivity index (χ4v) is 2.07. The van der Waals surface area contributed by atoms with Gasteiger partial charge in [0.1, 0.15) is 0 Å². The van der Waals surface area contributed by atoms with E-state index in [9.17, 15) is 4.39 Å². The zero-order valence-corrected chi connectivity index (χ0v) is 9.09. The molecule has 0 saturated carbocycles. The Bertz CT molecular complexity index is 353. The summed E-state index contributed by atoms with van der Waals surface area (Å²) in [6, 6.07) is 5.47. The molecule has 1 aliphatic heterocycles. The van der Waals surface area contributed by atoms with E-state index in [-0.39, 0.29) is 5.82 Å². The lowest BCUT2D eigenvalue weighted by Gasteiger charge is -2.11. The van der Waals surface area contributed by atoms with Crippen LogP contribution in [0.25, 0.3) is 0 Å². The Kier molecular flexibility index (Phi) is 2.91. The fourth-order valence-electron chi connectivity index (χ4n) is 2.07. The fraction of sp³-hybridized carbons (Fsp3) is 0.500. The van der Waals surface area contributed by atoms with Gasteiger partial charge in [0.2, 0.25) is 0 Å². The normalized spacial score (nSPS) is 25.5. The minimum absolute atomic E-state index is 0.281. The molecule has 82 valence electrons. The number of benzene rings is 1. The molecule has 1 aliphatic rings. The van der Waals surface area contributed by atoms with Crippen LogP contribution in [-0.4, -0.2) is 13.7 Å². The summed E-state index contributed by atoms with van der Waals surface area (Å²) < 4.78 is 18.3. The summed E-state index contributed by atoms with van der Waals surface area (Å²) in [7, 11) is 1.48. The van der Waals surface area contributed by atoms with E-state index in [1.807, 2.05) is 6.07 Å². The zero-order valence-electron chi connectivity index (χ0n) is 9.09. The summed E-state index contributed by atoms with van der Waals surface area (Å²) in [4.78, 5) is 0. The number of nitrogens with one attached hydrogen (secondary N) is 1. The third-order valence-corrected chi connectivity index (χ3v) is 2.93. The number of hydrogen-bond donors (Lipinski definition) is 1. The van der Waals surface area contributed by atoms with E-state index in [0.29, 0.717) is 17.7 Å². The monoisotopic (exact) mass is 209 g/mol. The first-order valence-electron chi connectivity index (χ1n) is 5.27. The van der Waals surface area contributed by atoms with Gasteiger partial charge in [-0.2, -0.15) is 0 Å². The molecule has 0 aliphatic carbocycles. The van der Waals surface area contributed by atoms with Gasteiger partial charge in [-0.25, -0.2) is 4.39 Å². The number of halogens is 1. The van der Waals surface area contributed by atoms with Gasteiger partial charge in [-0.1, -0.05) is 13.0 Å². The van der Waals surface area contributed by atoms with Crippen molar-refractivity contribution in [1.82, 2.24) is 5.32 Å². The summed E-state index contributed by atoms with van der Waals surface area (Å²) in [6.45, 7) is 3.21. The number of hydrogen-bond acceptors (Lipinski definition) is 2. The SMILES string of the molecule is COc1ccc([C@@H]2C[C@@H](C)CN2)cc1F. The van der Waals surface area contributed by atoms with Crippen molar-refractivity contribution in [3.8, 4) is 5.75 Å². The highest BCUT2D eigenvalue weighted by molar-refractivity contribution is 5.31. The van der Waals surface area contributed by atoms with Crippen molar-refractivity contribution in [3.05, 3.63) is 29.6 Å². The van der Waals surface area contributed by atoms with Crippen molar-refractivity contribution in [2.24, 2.45) is 5.92 Å². The van der Waals surface area contributed by atoms with Gasteiger partial charge in [0.25, 0.3) is 0 Å². The molecular formula is C12H16FNO. The highest BCUT2D eigenvalue weighted by Gasteiger charge is 2.22. The molecule has 1 saturated heterocycles. The Morgan fingerprint density at radius 2 is 2.27 bits per heavy atom. The standard InChI is InChI=1S/C12H16FNO/c1-8-5-11(14-7-8)9-3-4-12(15-2)10(13)6-9/h3-4,6,8,11,14H,5,7H2,1-2H3/t8-,11+/m1/s1. The maximum Gasteiger partial charge on any atom is 0.165 e. The third kappa shape index (κ3) is 2.12. The number of ether oxygens (including phenoxy) is 1. The van der Waals surface area contributed by atoms with Gasteiger partial charge in [-0.15, -0.1) is 0 Å². The molecule has 1 fully saturated rings. The molecule has 0 aromatic heterocycles. The van der Waals surface area contributed by atoms with E-state index in [0.717, 1.165) is 18.5 Å². The summed E-state index contributed by atoms with van der Waals surface area (Å²) in [5, 5.41) is 3.38. The second-order valence-electron chi connectivity index (χ2n) is 4.20. The molecular weight excluding hydrogens is 193 g/mol. The lowest BCUT2D eigenvalue weighted by Crippen LogP contribution is -2.13. The van der Waals surface area contributed by atoms with Crippen molar-refractivity contribution < 1.29 is 9.13 Å². The summed E-state index contributed by atoms with van der Waals surface area (Å²) in [5.41, 5.74) is 1.01. The second-order valence-corrected chi connectivity index (χ2v) is 4.20. The van der Waals surface area contributed by atoms with E-state index in [2.05, 4.69) is 12.2 Å². The van der Waals surface area contributed by atoms with Gasteiger partial charge in [0, 0.05) is 6.04 Å². The van der Waals surface area contributed by atoms with Crippen LogP contribution < -0.4 is 10.1 Å². The molecule has 2 atom stereocenters. The van der Waals surface area contributed by atoms with Gasteiger partial charge in [-0.3, -0.25) is 0 Å². The average Bonchev–Trinajstić information content (AvgIpc) is 2.65. The van der Waals surface area contributed by atoms with E-state index in [1.165, 1.54) is 7.11 Å². The number of methoxy groups -OCH3 is 1. The molecule has 1 aromatic carbocycles. The molecule has 2 rings (SSSR count). The minimum Gasteiger partial charge on any atom is -0.494 e. The second kappa shape index (κ2) is 4.19. The first kappa shape index (κ1) is 10.4. The van der Waals surface area contributed by atoms with Crippen LogP contribution >= 0.6 is 0 Å². The van der Waals surface area contributed by atoms with Crippen molar-refractivity contribution in [1.29, 1.82) is 0 Å². The molecule has 0 unspecified atom stereocenters. The van der Waals surface area contributed by atoms with Crippen molar-refractivity contribution in [2.75, 3.05) is 13.7 Å². The van der Waals surface area contributed by atoms with Crippen LogP contribution in [-0.2, 0) is 0 Å². The van der Waals surface area contributed by atoms with Crippen molar-refractivity contribution in [2.45, 2.75) is 19.4 Å². The van der Waals surface area contributed by atoms with Crippen LogP contribution in [0.1, 0.15) is 24.9 Å². The molecule has 1 aromatic rings. The quantitative estimate of drug-likeness (QED) is 0.808. The molecule has 0 bridgehead atoms. The first-order valence-corrected chi connectivity index (χ1v) is 5.27. The Morgan fingerprint density at radius 1 is 1.47 bits per heavy atom. The Balaban J connectivity index is 2.19. The van der Waals surface area contributed by atoms with Crippen LogP contribution in [0, 0.1) is 11.7 Å². The zero-order chi connectivity index (χ0) is 10.8. The van der Waals surface area contributed by atoms with Crippen molar-refractivity contribution in [3.63, 3.8) is 0 Å². The Labute approximate surface area is 89.4 Å². The van der Waals surface area contributed by atoms with Crippen LogP contribution in [0.3, 0.4) is 0 Å². The third-order valence-electron chi connectivity index (χ3n) is 2.93. The maximum atomic E-state index is 13.4. The largest absolute Gasteiger partial charge is 0.494 e. The van der Waals surface area contributed by atoms with Gasteiger partial charge >= 0.3 is 0 Å². The Morgan fingerprint density at radius 3 is 2.80 bits per heavy atom. The summed E-state index contributed by atoms with van der Waals surface area (Å²) in [6.07, 6.45) is 1.08. The molecule has 3 heteroatoms. The van der Waals surface area contributed by atoms with Gasteiger partial charge in [0.15, 0.2) is 11.6 Å². The molecule has 1 N–H and O–H groups in total. The summed E-state index contributed by atoms with van der Waals surface area (Å²) >= 11 is 0. The molecule has 0 amide bonds. The molecule has 1 heterocycles. The topological polar surface area (TPSA) is 21.3 Å². The predicted molar refractivity (Wildman–Crippen MR) is 57.5 cm³/mol. The van der Waals surface area contributed by atoms with E-state index < -0.39 is 0 Å². The lowest BCUT2D eigenvalue weighted by molar-refractivity contribution is 0.385. The van der Waals surface area contributed by atoms with Gasteiger partial charge < -0.3 is 10.1 Å².